The molecule has 0 spiro atoms. The zero-order valence-corrected chi connectivity index (χ0v) is 19.1. The summed E-state index contributed by atoms with van der Waals surface area (Å²) in [5.74, 6) is 1.91. The minimum absolute atomic E-state index is 0.0294. The Balaban J connectivity index is 1.63. The maximum absolute atomic E-state index is 14.4. The smallest absolute Gasteiger partial charge is 0.229 e. The number of rotatable bonds is 9. The van der Waals surface area contributed by atoms with Crippen molar-refractivity contribution in [1.29, 1.82) is 0 Å². The minimum atomic E-state index is -3.70. The molecule has 1 saturated heterocycles. The number of nitrogens with zero attached hydrogens (tertiary/aromatic N) is 2. The standard InChI is InChI=1S/C23H26F2N4O3S/c1-3-17-12-16(13-20(25)22(17)28-33(2,31)32)15-26-21(30)9-7-18-6-8-19(14-24)27-23(18)29-10-4-5-11-29/h1,6,8,12-13,28H,4-5,7,9-11,14-15H2,2H3,(H,26,30). The van der Waals surface area contributed by atoms with E-state index in [0.29, 0.717) is 17.7 Å². The van der Waals surface area contributed by atoms with Crippen LogP contribution >= 0.6 is 0 Å². The van der Waals surface area contributed by atoms with E-state index in [1.54, 1.807) is 6.07 Å². The lowest BCUT2D eigenvalue weighted by Crippen LogP contribution is -2.25. The fourth-order valence-electron chi connectivity index (χ4n) is 3.69. The molecule has 2 N–H and O–H groups in total. The van der Waals surface area contributed by atoms with E-state index in [2.05, 4.69) is 25.8 Å². The van der Waals surface area contributed by atoms with E-state index >= 15 is 0 Å². The molecule has 0 radical (unpaired) electrons. The molecule has 0 atom stereocenters. The maximum atomic E-state index is 14.4. The number of hydrogen-bond donors (Lipinski definition) is 2. The summed E-state index contributed by atoms with van der Waals surface area (Å²) >= 11 is 0. The van der Waals surface area contributed by atoms with Crippen molar-refractivity contribution in [2.45, 2.75) is 38.9 Å². The molecule has 33 heavy (non-hydrogen) atoms. The van der Waals surface area contributed by atoms with Gasteiger partial charge in [-0.2, -0.15) is 0 Å². The molecule has 0 unspecified atom stereocenters. The van der Waals surface area contributed by atoms with Crippen LogP contribution in [0.2, 0.25) is 0 Å². The quantitative estimate of drug-likeness (QED) is 0.543. The van der Waals surface area contributed by atoms with Crippen LogP contribution in [-0.4, -0.2) is 38.7 Å². The van der Waals surface area contributed by atoms with Gasteiger partial charge in [-0.15, -0.1) is 6.42 Å². The summed E-state index contributed by atoms with van der Waals surface area (Å²) in [5.41, 5.74) is 1.39. The second-order valence-electron chi connectivity index (χ2n) is 7.91. The number of carbonyl (C=O) groups is 1. The molecule has 1 aromatic carbocycles. The summed E-state index contributed by atoms with van der Waals surface area (Å²) < 4.78 is 52.4. The van der Waals surface area contributed by atoms with Crippen molar-refractivity contribution in [2.24, 2.45) is 0 Å². The second kappa shape index (κ2) is 10.6. The third-order valence-corrected chi connectivity index (χ3v) is 5.84. The van der Waals surface area contributed by atoms with Crippen LogP contribution in [0, 0.1) is 18.2 Å². The van der Waals surface area contributed by atoms with Crippen molar-refractivity contribution in [1.82, 2.24) is 10.3 Å². The Morgan fingerprint density at radius 2 is 2.00 bits per heavy atom. The first-order valence-corrected chi connectivity index (χ1v) is 12.4. The van der Waals surface area contributed by atoms with Crippen LogP contribution in [-0.2, 0) is 34.5 Å². The van der Waals surface area contributed by atoms with E-state index in [1.165, 1.54) is 6.07 Å². The monoisotopic (exact) mass is 476 g/mol. The van der Waals surface area contributed by atoms with Gasteiger partial charge in [-0.3, -0.25) is 9.52 Å². The number of hydrogen-bond acceptors (Lipinski definition) is 5. The number of nitrogens with one attached hydrogen (secondary N) is 2. The molecule has 1 aliphatic heterocycles. The largest absolute Gasteiger partial charge is 0.356 e. The Morgan fingerprint density at radius 1 is 1.27 bits per heavy atom. The van der Waals surface area contributed by atoms with Gasteiger partial charge in [0.1, 0.15) is 18.3 Å². The Hall–Kier alpha value is -3.19. The predicted molar refractivity (Wildman–Crippen MR) is 123 cm³/mol. The number of alkyl halides is 1. The van der Waals surface area contributed by atoms with Gasteiger partial charge in [0, 0.05) is 26.1 Å². The molecule has 0 saturated carbocycles. The molecule has 10 heteroatoms. The fraction of sp³-hybridized carbons (Fsp3) is 0.391. The number of halogens is 2. The third-order valence-electron chi connectivity index (χ3n) is 5.26. The highest BCUT2D eigenvalue weighted by Gasteiger charge is 2.19. The molecular formula is C23H26F2N4O3S. The van der Waals surface area contributed by atoms with Gasteiger partial charge in [-0.05, 0) is 48.6 Å². The highest BCUT2D eigenvalue weighted by molar-refractivity contribution is 7.92. The van der Waals surface area contributed by atoms with Crippen molar-refractivity contribution in [2.75, 3.05) is 29.0 Å². The van der Waals surface area contributed by atoms with Crippen LogP contribution in [0.15, 0.2) is 24.3 Å². The topological polar surface area (TPSA) is 91.4 Å². The van der Waals surface area contributed by atoms with Gasteiger partial charge < -0.3 is 10.2 Å². The average Bonchev–Trinajstić information content (AvgIpc) is 3.31. The van der Waals surface area contributed by atoms with Gasteiger partial charge >= 0.3 is 0 Å². The molecule has 1 fully saturated rings. The molecule has 0 aliphatic carbocycles. The first-order chi connectivity index (χ1) is 15.7. The number of anilines is 2. The average molecular weight is 477 g/mol. The Bertz CT molecular complexity index is 1170. The molecule has 1 amide bonds. The van der Waals surface area contributed by atoms with E-state index in [1.807, 2.05) is 6.07 Å². The van der Waals surface area contributed by atoms with Gasteiger partial charge in [0.2, 0.25) is 15.9 Å². The molecule has 176 valence electrons. The van der Waals surface area contributed by atoms with Gasteiger partial charge in [-0.25, -0.2) is 22.2 Å². The van der Waals surface area contributed by atoms with Crippen LogP contribution in [0.5, 0.6) is 0 Å². The number of sulfonamides is 1. The fourth-order valence-corrected chi connectivity index (χ4v) is 4.27. The van der Waals surface area contributed by atoms with Gasteiger partial charge in [0.25, 0.3) is 0 Å². The normalized spacial score (nSPS) is 13.6. The lowest BCUT2D eigenvalue weighted by Gasteiger charge is -2.20. The first kappa shape index (κ1) is 24.5. The number of terminal acetylenes is 1. The SMILES string of the molecule is C#Cc1cc(CNC(=O)CCc2ccc(CF)nc2N2CCCC2)cc(F)c1NS(C)(=O)=O. The summed E-state index contributed by atoms with van der Waals surface area (Å²) in [4.78, 5) is 18.9. The summed E-state index contributed by atoms with van der Waals surface area (Å²) in [7, 11) is -3.70. The summed E-state index contributed by atoms with van der Waals surface area (Å²) in [6.07, 6.45) is 9.00. The number of aryl methyl sites for hydroxylation is 1. The third kappa shape index (κ3) is 6.65. The number of benzene rings is 1. The van der Waals surface area contributed by atoms with Gasteiger partial charge in [-0.1, -0.05) is 12.0 Å². The van der Waals surface area contributed by atoms with Gasteiger partial charge in [0.15, 0.2) is 0 Å². The highest BCUT2D eigenvalue weighted by Crippen LogP contribution is 2.25. The Morgan fingerprint density at radius 3 is 2.64 bits per heavy atom. The number of pyridine rings is 1. The molecule has 1 aliphatic rings. The number of amides is 1. The second-order valence-corrected chi connectivity index (χ2v) is 9.66. The van der Waals surface area contributed by atoms with Crippen LogP contribution < -0.4 is 14.9 Å². The van der Waals surface area contributed by atoms with Crippen molar-refractivity contribution in [3.05, 3.63) is 52.5 Å². The van der Waals surface area contributed by atoms with Crippen LogP contribution in [0.1, 0.15) is 41.6 Å². The number of carbonyl (C=O) groups excluding carboxylic acids is 1. The number of aromatic nitrogens is 1. The van der Waals surface area contributed by atoms with E-state index in [-0.39, 0.29) is 30.1 Å². The Kier molecular flexibility index (Phi) is 7.87. The predicted octanol–water partition coefficient (Wildman–Crippen LogP) is 2.89. The van der Waals surface area contributed by atoms with Crippen molar-refractivity contribution < 1.29 is 22.0 Å². The molecule has 3 rings (SSSR count). The van der Waals surface area contributed by atoms with Crippen LogP contribution in [0.3, 0.4) is 0 Å². The van der Waals surface area contributed by atoms with E-state index in [9.17, 15) is 22.0 Å². The molecular weight excluding hydrogens is 450 g/mol. The molecule has 1 aromatic heterocycles. The van der Waals surface area contributed by atoms with Crippen molar-refractivity contribution in [3.8, 4) is 12.3 Å². The minimum Gasteiger partial charge on any atom is -0.356 e. The zero-order chi connectivity index (χ0) is 24.0. The summed E-state index contributed by atoms with van der Waals surface area (Å²) in [6.45, 7) is 1.10. The van der Waals surface area contributed by atoms with Gasteiger partial charge in [0.05, 0.1) is 23.2 Å². The molecule has 7 nitrogen and oxygen atoms in total. The lowest BCUT2D eigenvalue weighted by molar-refractivity contribution is -0.121. The zero-order valence-electron chi connectivity index (χ0n) is 18.3. The van der Waals surface area contributed by atoms with Crippen LogP contribution in [0.4, 0.5) is 20.3 Å². The molecule has 0 bridgehead atoms. The first-order valence-electron chi connectivity index (χ1n) is 10.5. The maximum Gasteiger partial charge on any atom is 0.229 e. The summed E-state index contributed by atoms with van der Waals surface area (Å²) in [6, 6.07) is 6.01. The molecule has 2 heterocycles. The Labute approximate surface area is 192 Å². The van der Waals surface area contributed by atoms with Crippen molar-refractivity contribution >= 4 is 27.4 Å². The summed E-state index contributed by atoms with van der Waals surface area (Å²) in [5, 5.41) is 2.72. The lowest BCUT2D eigenvalue weighted by atomic mass is 10.1. The van der Waals surface area contributed by atoms with E-state index in [0.717, 1.165) is 49.6 Å². The molecule has 2 aromatic rings. The highest BCUT2D eigenvalue weighted by atomic mass is 32.2. The van der Waals surface area contributed by atoms with E-state index in [4.69, 9.17) is 6.42 Å². The van der Waals surface area contributed by atoms with Crippen molar-refractivity contribution in [3.63, 3.8) is 0 Å². The van der Waals surface area contributed by atoms with E-state index < -0.39 is 22.5 Å². The van der Waals surface area contributed by atoms with Crippen LogP contribution in [0.25, 0.3) is 0 Å².